The lowest BCUT2D eigenvalue weighted by molar-refractivity contribution is 0.171. The van der Waals surface area contributed by atoms with Crippen LogP contribution in [0.25, 0.3) is 0 Å². The van der Waals surface area contributed by atoms with Crippen LogP contribution in [0.2, 0.25) is 0 Å². The Bertz CT molecular complexity index is 600. The first-order chi connectivity index (χ1) is 12.3. The number of piperidine rings is 1. The van der Waals surface area contributed by atoms with Crippen LogP contribution < -0.4 is 9.64 Å². The molecule has 2 nitrogen and oxygen atoms in total. The molecule has 0 unspecified atom stereocenters. The van der Waals surface area contributed by atoms with Crippen molar-refractivity contribution >= 4 is 5.69 Å². The molecule has 0 spiro atoms. The Morgan fingerprint density at radius 3 is 2.28 bits per heavy atom. The van der Waals surface area contributed by atoms with Gasteiger partial charge in [0.05, 0.1) is 0 Å². The second-order valence-corrected chi connectivity index (χ2v) is 7.09. The number of aryl methyl sites for hydroxylation is 1. The number of hydrogen-bond donors (Lipinski definition) is 0. The van der Waals surface area contributed by atoms with Gasteiger partial charge in [-0.05, 0) is 42.7 Å². The van der Waals surface area contributed by atoms with Gasteiger partial charge >= 0.3 is 0 Å². The third kappa shape index (κ3) is 5.52. The number of anilines is 1. The van der Waals surface area contributed by atoms with E-state index in [0.29, 0.717) is 6.10 Å². The Labute approximate surface area is 152 Å². The molecule has 0 atom stereocenters. The van der Waals surface area contributed by atoms with Gasteiger partial charge in [0.2, 0.25) is 0 Å². The first kappa shape index (κ1) is 17.8. The Hall–Kier alpha value is -1.96. The highest BCUT2D eigenvalue weighted by molar-refractivity contribution is 5.46. The second kappa shape index (κ2) is 9.50. The van der Waals surface area contributed by atoms with Gasteiger partial charge in [-0.2, -0.15) is 0 Å². The van der Waals surface area contributed by atoms with E-state index in [-0.39, 0.29) is 0 Å². The molecule has 0 aliphatic carbocycles. The van der Waals surface area contributed by atoms with Crippen molar-refractivity contribution in [2.24, 2.45) is 0 Å². The van der Waals surface area contributed by atoms with Crippen LogP contribution in [-0.2, 0) is 6.42 Å². The van der Waals surface area contributed by atoms with Crippen molar-refractivity contribution < 1.29 is 4.74 Å². The van der Waals surface area contributed by atoms with E-state index in [2.05, 4.69) is 66.4 Å². The maximum atomic E-state index is 6.21. The van der Waals surface area contributed by atoms with Crippen molar-refractivity contribution in [3.63, 3.8) is 0 Å². The maximum absolute atomic E-state index is 6.21. The summed E-state index contributed by atoms with van der Waals surface area (Å²) in [6.07, 6.45) is 9.01. The number of benzene rings is 2. The smallest absolute Gasteiger partial charge is 0.119 e. The van der Waals surface area contributed by atoms with Gasteiger partial charge in [-0.1, -0.05) is 56.5 Å². The molecule has 0 amide bonds. The molecule has 2 heteroatoms. The van der Waals surface area contributed by atoms with E-state index in [1.54, 1.807) is 0 Å². The molecule has 25 heavy (non-hydrogen) atoms. The maximum Gasteiger partial charge on any atom is 0.119 e. The molecule has 0 aromatic heterocycles. The molecule has 2 aromatic rings. The molecule has 1 fully saturated rings. The molecule has 0 N–H and O–H groups in total. The lowest BCUT2D eigenvalue weighted by Gasteiger charge is -2.33. The zero-order valence-corrected chi connectivity index (χ0v) is 15.5. The van der Waals surface area contributed by atoms with E-state index < -0.39 is 0 Å². The fraction of sp³-hybridized carbons (Fsp3) is 0.478. The number of rotatable bonds is 8. The summed E-state index contributed by atoms with van der Waals surface area (Å²) >= 11 is 0. The normalized spacial score (nSPS) is 15.3. The monoisotopic (exact) mass is 337 g/mol. The third-order valence-corrected chi connectivity index (χ3v) is 5.11. The Morgan fingerprint density at radius 2 is 1.60 bits per heavy atom. The second-order valence-electron chi connectivity index (χ2n) is 7.09. The lowest BCUT2D eigenvalue weighted by Crippen LogP contribution is -2.38. The van der Waals surface area contributed by atoms with Gasteiger partial charge in [-0.15, -0.1) is 0 Å². The zero-order chi connectivity index (χ0) is 17.3. The molecule has 3 rings (SSSR count). The van der Waals surface area contributed by atoms with Gasteiger partial charge < -0.3 is 9.64 Å². The molecule has 0 radical (unpaired) electrons. The minimum absolute atomic E-state index is 0.343. The molecule has 1 aliphatic rings. The molecular formula is C23H31NO. The predicted molar refractivity (Wildman–Crippen MR) is 107 cm³/mol. The summed E-state index contributed by atoms with van der Waals surface area (Å²) in [5.41, 5.74) is 2.76. The number of unbranched alkanes of at least 4 members (excludes halogenated alkanes) is 3. The van der Waals surface area contributed by atoms with Crippen molar-refractivity contribution in [1.82, 2.24) is 0 Å². The molecule has 1 heterocycles. The van der Waals surface area contributed by atoms with Gasteiger partial charge in [-0.25, -0.2) is 0 Å². The quantitative estimate of drug-likeness (QED) is 0.560. The SMILES string of the molecule is CCCCCCc1ccc(OC2CCN(c3ccccc3)CC2)cc1. The van der Waals surface area contributed by atoms with Crippen LogP contribution in [0.4, 0.5) is 5.69 Å². The largest absolute Gasteiger partial charge is 0.490 e. The van der Waals surface area contributed by atoms with E-state index >= 15 is 0 Å². The van der Waals surface area contributed by atoms with E-state index in [4.69, 9.17) is 4.74 Å². The van der Waals surface area contributed by atoms with Crippen LogP contribution in [-0.4, -0.2) is 19.2 Å². The summed E-state index contributed by atoms with van der Waals surface area (Å²) in [5, 5.41) is 0. The average Bonchev–Trinajstić information content (AvgIpc) is 2.68. The molecule has 0 saturated carbocycles. The van der Waals surface area contributed by atoms with E-state index in [1.165, 1.54) is 43.4 Å². The number of nitrogens with zero attached hydrogens (tertiary/aromatic N) is 1. The fourth-order valence-electron chi connectivity index (χ4n) is 3.55. The average molecular weight is 338 g/mol. The van der Waals surface area contributed by atoms with E-state index in [9.17, 15) is 0 Å². The summed E-state index contributed by atoms with van der Waals surface area (Å²) in [6, 6.07) is 19.5. The summed E-state index contributed by atoms with van der Waals surface area (Å²) in [6.45, 7) is 4.41. The summed E-state index contributed by atoms with van der Waals surface area (Å²) < 4.78 is 6.21. The van der Waals surface area contributed by atoms with Crippen LogP contribution >= 0.6 is 0 Å². The van der Waals surface area contributed by atoms with Crippen molar-refractivity contribution in [2.75, 3.05) is 18.0 Å². The minimum Gasteiger partial charge on any atom is -0.490 e. The van der Waals surface area contributed by atoms with Gasteiger partial charge in [0, 0.05) is 31.6 Å². The Morgan fingerprint density at radius 1 is 0.880 bits per heavy atom. The molecule has 1 aliphatic heterocycles. The van der Waals surface area contributed by atoms with Crippen molar-refractivity contribution in [2.45, 2.75) is 58.0 Å². The minimum atomic E-state index is 0.343. The Kier molecular flexibility index (Phi) is 6.79. The van der Waals surface area contributed by atoms with Gasteiger partial charge in [0.1, 0.15) is 11.9 Å². The number of para-hydroxylation sites is 1. The van der Waals surface area contributed by atoms with Crippen molar-refractivity contribution in [3.05, 3.63) is 60.2 Å². The van der Waals surface area contributed by atoms with Crippen LogP contribution in [0.3, 0.4) is 0 Å². The predicted octanol–water partition coefficient (Wildman–Crippen LogP) is 5.86. The molecule has 134 valence electrons. The van der Waals surface area contributed by atoms with E-state index in [1.807, 2.05) is 0 Å². The summed E-state index contributed by atoms with van der Waals surface area (Å²) in [7, 11) is 0. The first-order valence-electron chi connectivity index (χ1n) is 9.91. The van der Waals surface area contributed by atoms with E-state index in [0.717, 1.165) is 31.7 Å². The Balaban J connectivity index is 1.43. The number of ether oxygens (including phenoxy) is 1. The van der Waals surface area contributed by atoms with Crippen molar-refractivity contribution in [3.8, 4) is 5.75 Å². The van der Waals surface area contributed by atoms with Crippen molar-refractivity contribution in [1.29, 1.82) is 0 Å². The lowest BCUT2D eigenvalue weighted by atomic mass is 10.1. The van der Waals surface area contributed by atoms with Crippen LogP contribution in [0.1, 0.15) is 51.0 Å². The molecular weight excluding hydrogens is 306 g/mol. The van der Waals surface area contributed by atoms with Gasteiger partial charge in [0.25, 0.3) is 0 Å². The number of hydrogen-bond acceptors (Lipinski definition) is 2. The van der Waals surface area contributed by atoms with Gasteiger partial charge in [-0.3, -0.25) is 0 Å². The fourth-order valence-corrected chi connectivity index (χ4v) is 3.55. The molecule has 0 bridgehead atoms. The zero-order valence-electron chi connectivity index (χ0n) is 15.5. The highest BCUT2D eigenvalue weighted by atomic mass is 16.5. The molecule has 2 aromatic carbocycles. The standard InChI is InChI=1S/C23H31NO/c1-2-3-4-6-9-20-12-14-22(15-13-20)25-23-16-18-24(19-17-23)21-10-7-5-8-11-21/h5,7-8,10-15,23H,2-4,6,9,16-19H2,1H3. The van der Waals surface area contributed by atoms with Gasteiger partial charge in [0.15, 0.2) is 0 Å². The summed E-state index contributed by atoms with van der Waals surface area (Å²) in [4.78, 5) is 2.46. The highest BCUT2D eigenvalue weighted by Gasteiger charge is 2.20. The van der Waals surface area contributed by atoms with Crippen LogP contribution in [0.15, 0.2) is 54.6 Å². The topological polar surface area (TPSA) is 12.5 Å². The highest BCUT2D eigenvalue weighted by Crippen LogP contribution is 2.23. The van der Waals surface area contributed by atoms with Crippen LogP contribution in [0.5, 0.6) is 5.75 Å². The van der Waals surface area contributed by atoms with Crippen LogP contribution in [0, 0.1) is 0 Å². The summed E-state index contributed by atoms with van der Waals surface area (Å²) in [5.74, 6) is 1.02. The third-order valence-electron chi connectivity index (χ3n) is 5.11. The molecule has 1 saturated heterocycles. The first-order valence-corrected chi connectivity index (χ1v) is 9.91.